The molecule has 0 aliphatic rings. The second-order valence-corrected chi connectivity index (χ2v) is 4.84. The fourth-order valence-corrected chi connectivity index (χ4v) is 1.70. The van der Waals surface area contributed by atoms with E-state index in [9.17, 15) is 9.50 Å². The van der Waals surface area contributed by atoms with Crippen molar-refractivity contribution >= 4 is 5.69 Å². The Morgan fingerprint density at radius 2 is 2.06 bits per heavy atom. The second kappa shape index (κ2) is 4.80. The van der Waals surface area contributed by atoms with Crippen molar-refractivity contribution in [2.75, 3.05) is 19.3 Å². The highest BCUT2D eigenvalue weighted by molar-refractivity contribution is 5.40. The summed E-state index contributed by atoms with van der Waals surface area (Å²) >= 11 is 0. The summed E-state index contributed by atoms with van der Waals surface area (Å²) < 4.78 is 13.5. The van der Waals surface area contributed by atoms with Crippen LogP contribution in [0.4, 0.5) is 10.1 Å². The van der Waals surface area contributed by atoms with Gasteiger partial charge in [0, 0.05) is 24.3 Å². The number of hydrogen-bond donors (Lipinski definition) is 2. The maximum atomic E-state index is 13.5. The van der Waals surface area contributed by atoms with Gasteiger partial charge in [0.25, 0.3) is 0 Å². The van der Waals surface area contributed by atoms with Crippen LogP contribution in [0.15, 0.2) is 18.2 Å². The molecule has 0 aliphatic heterocycles. The van der Waals surface area contributed by atoms with Gasteiger partial charge in [-0.15, -0.1) is 0 Å². The highest BCUT2D eigenvalue weighted by Gasteiger charge is 2.16. The highest BCUT2D eigenvalue weighted by Crippen LogP contribution is 2.14. The molecule has 3 nitrogen and oxygen atoms in total. The monoisotopic (exact) mass is 226 g/mol. The molecule has 1 rings (SSSR count). The molecule has 0 saturated heterocycles. The summed E-state index contributed by atoms with van der Waals surface area (Å²) in [7, 11) is 1.84. The fourth-order valence-electron chi connectivity index (χ4n) is 1.70. The number of nitrogens with two attached hydrogens (primary N) is 1. The van der Waals surface area contributed by atoms with Gasteiger partial charge in [0.2, 0.25) is 0 Å². The number of aliphatic hydroxyl groups is 1. The number of likely N-dealkylation sites (N-methyl/N-ethyl adjacent to an activating group) is 1. The Bertz CT molecular complexity index is 361. The number of benzene rings is 1. The molecule has 0 aromatic heterocycles. The van der Waals surface area contributed by atoms with Crippen LogP contribution in [0.3, 0.4) is 0 Å². The Morgan fingerprint density at radius 3 is 2.56 bits per heavy atom. The minimum Gasteiger partial charge on any atom is -0.399 e. The largest absolute Gasteiger partial charge is 0.399 e. The molecule has 16 heavy (non-hydrogen) atoms. The summed E-state index contributed by atoms with van der Waals surface area (Å²) in [6.07, 6.45) is 0. The molecule has 0 unspecified atom stereocenters. The van der Waals surface area contributed by atoms with Crippen LogP contribution in [0, 0.1) is 5.82 Å². The quantitative estimate of drug-likeness (QED) is 0.767. The van der Waals surface area contributed by atoms with Crippen molar-refractivity contribution in [2.24, 2.45) is 0 Å². The summed E-state index contributed by atoms with van der Waals surface area (Å²) in [6, 6.07) is 4.66. The molecule has 1 aromatic carbocycles. The lowest BCUT2D eigenvalue weighted by molar-refractivity contribution is 0.0422. The SMILES string of the molecule is CN(Cc1ccc(N)cc1F)CC(C)(C)O. The first-order chi connectivity index (χ1) is 7.28. The molecule has 0 saturated carbocycles. The van der Waals surface area contributed by atoms with Crippen LogP contribution in [-0.4, -0.2) is 29.2 Å². The summed E-state index contributed by atoms with van der Waals surface area (Å²) in [5, 5.41) is 9.62. The molecule has 0 bridgehead atoms. The molecule has 4 heteroatoms. The van der Waals surface area contributed by atoms with Gasteiger partial charge in [0.1, 0.15) is 5.82 Å². The zero-order valence-corrected chi connectivity index (χ0v) is 10.00. The van der Waals surface area contributed by atoms with Crippen molar-refractivity contribution in [1.29, 1.82) is 0 Å². The van der Waals surface area contributed by atoms with Gasteiger partial charge in [0.15, 0.2) is 0 Å². The first-order valence-corrected chi connectivity index (χ1v) is 5.23. The lowest BCUT2D eigenvalue weighted by Crippen LogP contribution is -2.36. The molecule has 0 radical (unpaired) electrons. The van der Waals surface area contributed by atoms with E-state index >= 15 is 0 Å². The standard InChI is InChI=1S/C12H19FN2O/c1-12(2,16)8-15(3)7-9-4-5-10(14)6-11(9)13/h4-6,16H,7-8,14H2,1-3H3. The maximum absolute atomic E-state index is 13.5. The number of halogens is 1. The summed E-state index contributed by atoms with van der Waals surface area (Å²) in [5.74, 6) is -0.303. The van der Waals surface area contributed by atoms with Crippen LogP contribution in [0.1, 0.15) is 19.4 Å². The Kier molecular flexibility index (Phi) is 3.88. The van der Waals surface area contributed by atoms with Crippen LogP contribution in [-0.2, 0) is 6.54 Å². The predicted molar refractivity (Wildman–Crippen MR) is 63.4 cm³/mol. The molecular weight excluding hydrogens is 207 g/mol. The second-order valence-electron chi connectivity index (χ2n) is 4.84. The molecule has 0 atom stereocenters. The average Bonchev–Trinajstić information content (AvgIpc) is 2.06. The minimum atomic E-state index is -0.779. The van der Waals surface area contributed by atoms with Gasteiger partial charge < -0.3 is 10.8 Å². The molecule has 0 heterocycles. The van der Waals surface area contributed by atoms with E-state index in [1.54, 1.807) is 26.0 Å². The van der Waals surface area contributed by atoms with Gasteiger partial charge in [-0.05, 0) is 33.0 Å². The number of anilines is 1. The third kappa shape index (κ3) is 4.16. The van der Waals surface area contributed by atoms with E-state index in [4.69, 9.17) is 5.73 Å². The van der Waals surface area contributed by atoms with Crippen LogP contribution < -0.4 is 5.73 Å². The van der Waals surface area contributed by atoms with E-state index in [1.165, 1.54) is 6.07 Å². The van der Waals surface area contributed by atoms with Crippen LogP contribution >= 0.6 is 0 Å². The predicted octanol–water partition coefficient (Wildman–Crippen LogP) is 1.61. The van der Waals surface area contributed by atoms with Gasteiger partial charge in [-0.2, -0.15) is 0 Å². The zero-order valence-electron chi connectivity index (χ0n) is 10.00. The third-order valence-electron chi connectivity index (χ3n) is 2.17. The molecule has 0 fully saturated rings. The fraction of sp³-hybridized carbons (Fsp3) is 0.500. The number of rotatable bonds is 4. The van der Waals surface area contributed by atoms with Crippen molar-refractivity contribution in [3.05, 3.63) is 29.6 Å². The van der Waals surface area contributed by atoms with Crippen LogP contribution in [0.25, 0.3) is 0 Å². The average molecular weight is 226 g/mol. The Balaban J connectivity index is 2.66. The van der Waals surface area contributed by atoms with E-state index in [0.29, 0.717) is 24.3 Å². The highest BCUT2D eigenvalue weighted by atomic mass is 19.1. The Hall–Kier alpha value is -1.13. The minimum absolute atomic E-state index is 0.303. The molecule has 3 N–H and O–H groups in total. The molecule has 90 valence electrons. The van der Waals surface area contributed by atoms with Crippen molar-refractivity contribution in [3.8, 4) is 0 Å². The smallest absolute Gasteiger partial charge is 0.129 e. The van der Waals surface area contributed by atoms with E-state index in [-0.39, 0.29) is 5.82 Å². The van der Waals surface area contributed by atoms with Gasteiger partial charge in [-0.1, -0.05) is 6.07 Å². The zero-order chi connectivity index (χ0) is 12.3. The molecule has 1 aromatic rings. The normalized spacial score (nSPS) is 12.1. The molecular formula is C12H19FN2O. The molecule has 0 spiro atoms. The van der Waals surface area contributed by atoms with Crippen molar-refractivity contribution in [1.82, 2.24) is 4.90 Å². The third-order valence-corrected chi connectivity index (χ3v) is 2.17. The summed E-state index contributed by atoms with van der Waals surface area (Å²) in [4.78, 5) is 1.87. The van der Waals surface area contributed by atoms with Crippen molar-refractivity contribution < 1.29 is 9.50 Å². The molecule has 0 aliphatic carbocycles. The first kappa shape index (κ1) is 12.9. The lowest BCUT2D eigenvalue weighted by Gasteiger charge is -2.25. The Morgan fingerprint density at radius 1 is 1.44 bits per heavy atom. The topological polar surface area (TPSA) is 49.5 Å². The van der Waals surface area contributed by atoms with E-state index in [1.807, 2.05) is 11.9 Å². The summed E-state index contributed by atoms with van der Waals surface area (Å²) in [5.41, 5.74) is 5.69. The number of hydrogen-bond acceptors (Lipinski definition) is 3. The van der Waals surface area contributed by atoms with Gasteiger partial charge in [-0.25, -0.2) is 4.39 Å². The van der Waals surface area contributed by atoms with Crippen molar-refractivity contribution in [2.45, 2.75) is 26.0 Å². The molecule has 0 amide bonds. The van der Waals surface area contributed by atoms with Gasteiger partial charge in [0.05, 0.1) is 5.60 Å². The maximum Gasteiger partial charge on any atom is 0.129 e. The van der Waals surface area contributed by atoms with E-state index in [2.05, 4.69) is 0 Å². The van der Waals surface area contributed by atoms with E-state index < -0.39 is 5.60 Å². The number of nitrogens with zero attached hydrogens (tertiary/aromatic N) is 1. The van der Waals surface area contributed by atoms with Crippen LogP contribution in [0.5, 0.6) is 0 Å². The Labute approximate surface area is 95.7 Å². The summed E-state index contributed by atoms with van der Waals surface area (Å²) in [6.45, 7) is 4.39. The van der Waals surface area contributed by atoms with Crippen LogP contribution in [0.2, 0.25) is 0 Å². The lowest BCUT2D eigenvalue weighted by atomic mass is 10.1. The van der Waals surface area contributed by atoms with Gasteiger partial charge >= 0.3 is 0 Å². The van der Waals surface area contributed by atoms with Gasteiger partial charge in [-0.3, -0.25) is 4.90 Å². The van der Waals surface area contributed by atoms with E-state index in [0.717, 1.165) is 0 Å². The number of nitrogen functional groups attached to an aromatic ring is 1. The van der Waals surface area contributed by atoms with Crippen molar-refractivity contribution in [3.63, 3.8) is 0 Å². The first-order valence-electron chi connectivity index (χ1n) is 5.23.